The lowest BCUT2D eigenvalue weighted by molar-refractivity contribution is 0.610. The number of hydrogen-bond acceptors (Lipinski definition) is 6. The fourth-order valence-electron chi connectivity index (χ4n) is 3.81. The van der Waals surface area contributed by atoms with E-state index in [2.05, 4.69) is 30.6 Å². The Kier molecular flexibility index (Phi) is 3.82. The van der Waals surface area contributed by atoms with Crippen LogP contribution in [0.3, 0.4) is 0 Å². The van der Waals surface area contributed by atoms with Crippen molar-refractivity contribution in [2.75, 3.05) is 11.9 Å². The summed E-state index contributed by atoms with van der Waals surface area (Å²) in [5.41, 5.74) is 6.37. The topological polar surface area (TPSA) is 97.2 Å². The Labute approximate surface area is 176 Å². The monoisotopic (exact) mass is 412 g/mol. The molecule has 0 amide bonds. The summed E-state index contributed by atoms with van der Waals surface area (Å²) in [4.78, 5) is 13.7. The number of fused-ring (bicyclic) bond motifs is 2. The molecule has 5 aromatic rings. The van der Waals surface area contributed by atoms with Crippen molar-refractivity contribution in [3.63, 3.8) is 0 Å². The molecule has 0 aromatic carbocycles. The number of aryl methyl sites for hydroxylation is 1. The molecule has 31 heavy (non-hydrogen) atoms. The van der Waals surface area contributed by atoms with Crippen molar-refractivity contribution in [3.05, 3.63) is 60.3 Å². The number of H-pyrrole nitrogens is 1. The predicted octanol–water partition coefficient (Wildman–Crippen LogP) is 3.82. The first-order valence-electron chi connectivity index (χ1n) is 9.92. The summed E-state index contributed by atoms with van der Waals surface area (Å²) in [7, 11) is 0. The second-order valence-corrected chi connectivity index (χ2v) is 7.43. The van der Waals surface area contributed by atoms with Crippen molar-refractivity contribution in [1.29, 1.82) is 0 Å². The highest BCUT2D eigenvalue weighted by Crippen LogP contribution is 2.30. The SMILES string of the molecule is Cc1nc(-c2n[nH]cc2-c2ccc3ncc(-c4cc5n(n4)CCN5)cc3n2)ccc1F. The molecule has 6 heterocycles. The van der Waals surface area contributed by atoms with E-state index >= 15 is 0 Å². The van der Waals surface area contributed by atoms with Crippen molar-refractivity contribution < 1.29 is 4.39 Å². The Morgan fingerprint density at radius 1 is 1.00 bits per heavy atom. The van der Waals surface area contributed by atoms with Crippen molar-refractivity contribution in [2.24, 2.45) is 0 Å². The van der Waals surface area contributed by atoms with E-state index in [1.165, 1.54) is 6.07 Å². The highest BCUT2D eigenvalue weighted by Gasteiger charge is 2.17. The molecule has 5 aromatic heterocycles. The van der Waals surface area contributed by atoms with Crippen LogP contribution >= 0.6 is 0 Å². The predicted molar refractivity (Wildman–Crippen MR) is 115 cm³/mol. The number of halogens is 1. The largest absolute Gasteiger partial charge is 0.368 e. The molecule has 0 radical (unpaired) electrons. The minimum atomic E-state index is -0.344. The number of hydrogen-bond donors (Lipinski definition) is 2. The minimum absolute atomic E-state index is 0.327. The number of nitrogens with zero attached hydrogens (tertiary/aromatic N) is 6. The number of rotatable bonds is 3. The van der Waals surface area contributed by atoms with Crippen LogP contribution in [-0.2, 0) is 6.54 Å². The van der Waals surface area contributed by atoms with Crippen LogP contribution in [0.4, 0.5) is 10.2 Å². The summed E-state index contributed by atoms with van der Waals surface area (Å²) >= 11 is 0. The number of aromatic amines is 1. The van der Waals surface area contributed by atoms with E-state index in [-0.39, 0.29) is 5.82 Å². The Hall–Kier alpha value is -4.14. The summed E-state index contributed by atoms with van der Waals surface area (Å²) in [6.07, 6.45) is 3.59. The molecule has 1 aliphatic rings. The average molecular weight is 412 g/mol. The summed E-state index contributed by atoms with van der Waals surface area (Å²) in [6.45, 7) is 3.39. The van der Waals surface area contributed by atoms with E-state index < -0.39 is 0 Å². The van der Waals surface area contributed by atoms with E-state index in [4.69, 9.17) is 4.98 Å². The first-order chi connectivity index (χ1) is 15.2. The standard InChI is InChI=1S/C22H17FN8/c1-12-15(23)2-3-18(27-12)22-14(11-26-29-22)16-4-5-17-20(28-16)8-13(10-25-17)19-9-21-24-6-7-31(21)30-19/h2-5,8-11,24H,6-7H2,1H3,(H,26,29). The van der Waals surface area contributed by atoms with E-state index in [0.717, 1.165) is 52.5 Å². The third-order valence-corrected chi connectivity index (χ3v) is 5.42. The molecule has 0 spiro atoms. The van der Waals surface area contributed by atoms with Gasteiger partial charge in [-0.05, 0) is 37.3 Å². The van der Waals surface area contributed by atoms with Crippen LogP contribution in [0.1, 0.15) is 5.69 Å². The summed E-state index contributed by atoms with van der Waals surface area (Å²) < 4.78 is 15.6. The van der Waals surface area contributed by atoms with Crippen molar-refractivity contribution >= 4 is 16.9 Å². The van der Waals surface area contributed by atoms with Gasteiger partial charge in [0.1, 0.15) is 17.3 Å². The lowest BCUT2D eigenvalue weighted by atomic mass is 10.1. The molecule has 8 nitrogen and oxygen atoms in total. The zero-order chi connectivity index (χ0) is 20.9. The van der Waals surface area contributed by atoms with Crippen LogP contribution in [0, 0.1) is 12.7 Å². The lowest BCUT2D eigenvalue weighted by Crippen LogP contribution is -1.97. The van der Waals surface area contributed by atoms with Gasteiger partial charge in [0.15, 0.2) is 0 Å². The molecule has 0 saturated heterocycles. The van der Waals surface area contributed by atoms with Gasteiger partial charge in [-0.3, -0.25) is 10.1 Å². The molecule has 152 valence electrons. The number of pyridine rings is 3. The summed E-state index contributed by atoms with van der Waals surface area (Å²) in [5.74, 6) is 0.672. The minimum Gasteiger partial charge on any atom is -0.368 e. The summed E-state index contributed by atoms with van der Waals surface area (Å²) in [6, 6.07) is 10.9. The molecule has 0 bridgehead atoms. The van der Waals surface area contributed by atoms with Crippen LogP contribution in [0.5, 0.6) is 0 Å². The van der Waals surface area contributed by atoms with Gasteiger partial charge in [0.25, 0.3) is 0 Å². The molecule has 0 saturated carbocycles. The normalized spacial score (nSPS) is 12.8. The van der Waals surface area contributed by atoms with Gasteiger partial charge >= 0.3 is 0 Å². The Bertz CT molecular complexity index is 1430. The third kappa shape index (κ3) is 2.93. The second kappa shape index (κ2) is 6.69. The van der Waals surface area contributed by atoms with Gasteiger partial charge < -0.3 is 5.32 Å². The zero-order valence-corrected chi connectivity index (χ0v) is 16.6. The molecule has 6 rings (SSSR count). The van der Waals surface area contributed by atoms with E-state index in [1.807, 2.05) is 35.1 Å². The van der Waals surface area contributed by atoms with Crippen LogP contribution in [-0.4, -0.2) is 41.5 Å². The average Bonchev–Trinajstić information content (AvgIpc) is 3.51. The zero-order valence-electron chi connectivity index (χ0n) is 16.6. The molecule has 0 fully saturated rings. The number of nitrogens with one attached hydrogen (secondary N) is 2. The molecular formula is C22H17FN8. The van der Waals surface area contributed by atoms with Gasteiger partial charge in [-0.25, -0.2) is 19.0 Å². The maximum absolute atomic E-state index is 13.6. The quantitative estimate of drug-likeness (QED) is 0.468. The maximum atomic E-state index is 13.6. The fraction of sp³-hybridized carbons (Fsp3) is 0.136. The van der Waals surface area contributed by atoms with E-state index in [1.54, 1.807) is 19.2 Å². The summed E-state index contributed by atoms with van der Waals surface area (Å²) in [5, 5.41) is 15.1. The Morgan fingerprint density at radius 2 is 1.90 bits per heavy atom. The highest BCUT2D eigenvalue weighted by atomic mass is 19.1. The highest BCUT2D eigenvalue weighted by molar-refractivity contribution is 5.84. The van der Waals surface area contributed by atoms with Crippen LogP contribution in [0.15, 0.2) is 48.8 Å². The number of aromatic nitrogens is 7. The van der Waals surface area contributed by atoms with Crippen LogP contribution in [0.25, 0.3) is 44.9 Å². The molecular weight excluding hydrogens is 395 g/mol. The molecule has 0 aliphatic carbocycles. The van der Waals surface area contributed by atoms with Gasteiger partial charge in [-0.15, -0.1) is 0 Å². The molecule has 1 aliphatic heterocycles. The molecule has 0 unspecified atom stereocenters. The van der Waals surface area contributed by atoms with Gasteiger partial charge in [0.05, 0.1) is 40.4 Å². The number of anilines is 1. The molecule has 2 N–H and O–H groups in total. The Balaban J connectivity index is 1.43. The van der Waals surface area contributed by atoms with Gasteiger partial charge in [0.2, 0.25) is 0 Å². The first kappa shape index (κ1) is 17.7. The van der Waals surface area contributed by atoms with E-state index in [9.17, 15) is 4.39 Å². The molecule has 0 atom stereocenters. The van der Waals surface area contributed by atoms with Gasteiger partial charge in [-0.1, -0.05) is 0 Å². The van der Waals surface area contributed by atoms with E-state index in [0.29, 0.717) is 17.1 Å². The Morgan fingerprint density at radius 3 is 2.77 bits per heavy atom. The first-order valence-corrected chi connectivity index (χ1v) is 9.92. The maximum Gasteiger partial charge on any atom is 0.144 e. The van der Waals surface area contributed by atoms with Crippen molar-refractivity contribution in [3.8, 4) is 33.9 Å². The van der Waals surface area contributed by atoms with Gasteiger partial charge in [0, 0.05) is 36.1 Å². The van der Waals surface area contributed by atoms with Crippen molar-refractivity contribution in [1.82, 2.24) is 34.9 Å². The van der Waals surface area contributed by atoms with Gasteiger partial charge in [-0.2, -0.15) is 10.2 Å². The fourth-order valence-corrected chi connectivity index (χ4v) is 3.81. The van der Waals surface area contributed by atoms with Crippen LogP contribution in [0.2, 0.25) is 0 Å². The second-order valence-electron chi connectivity index (χ2n) is 7.43. The van der Waals surface area contributed by atoms with Crippen molar-refractivity contribution in [2.45, 2.75) is 13.5 Å². The smallest absolute Gasteiger partial charge is 0.144 e. The lowest BCUT2D eigenvalue weighted by Gasteiger charge is -2.06. The molecule has 9 heteroatoms. The third-order valence-electron chi connectivity index (χ3n) is 5.42. The van der Waals surface area contributed by atoms with Crippen LogP contribution < -0.4 is 5.32 Å².